The van der Waals surface area contributed by atoms with Crippen molar-refractivity contribution in [3.05, 3.63) is 0 Å². The van der Waals surface area contributed by atoms with Crippen LogP contribution in [0.1, 0.15) is 27.2 Å². The summed E-state index contributed by atoms with van der Waals surface area (Å²) in [7, 11) is 0. The van der Waals surface area contributed by atoms with Gasteiger partial charge in [0.2, 0.25) is 5.91 Å². The minimum atomic E-state index is -4.28. The average molecular weight is 226 g/mol. The van der Waals surface area contributed by atoms with Crippen LogP contribution >= 0.6 is 0 Å². The Hall–Kier alpha value is -0.780. The van der Waals surface area contributed by atoms with E-state index in [1.54, 1.807) is 0 Å². The van der Waals surface area contributed by atoms with Crippen LogP contribution < -0.4 is 10.6 Å². The smallest absolute Gasteiger partial charge is 0.350 e. The number of hydrogen-bond donors (Lipinski definition) is 2. The SMILES string of the molecule is CCC(C)(C)NC(=O)CNCC(F)(F)F. The topological polar surface area (TPSA) is 41.1 Å². The van der Waals surface area contributed by atoms with Crippen LogP contribution in [0, 0.1) is 0 Å². The molecule has 0 aliphatic rings. The van der Waals surface area contributed by atoms with Gasteiger partial charge in [-0.05, 0) is 20.3 Å². The second-order valence-corrected chi connectivity index (χ2v) is 4.00. The van der Waals surface area contributed by atoms with Gasteiger partial charge in [-0.25, -0.2) is 0 Å². The monoisotopic (exact) mass is 226 g/mol. The lowest BCUT2D eigenvalue weighted by atomic mass is 10.0. The van der Waals surface area contributed by atoms with Crippen molar-refractivity contribution >= 4 is 5.91 Å². The van der Waals surface area contributed by atoms with E-state index in [1.807, 2.05) is 26.1 Å². The van der Waals surface area contributed by atoms with E-state index >= 15 is 0 Å². The third kappa shape index (κ3) is 8.23. The molecule has 0 unspecified atom stereocenters. The van der Waals surface area contributed by atoms with Crippen molar-refractivity contribution in [2.45, 2.75) is 38.9 Å². The quantitative estimate of drug-likeness (QED) is 0.744. The highest BCUT2D eigenvalue weighted by Crippen LogP contribution is 2.12. The molecule has 0 rings (SSSR count). The van der Waals surface area contributed by atoms with Crippen LogP contribution in [0.2, 0.25) is 0 Å². The number of rotatable bonds is 5. The Kier molecular flexibility index (Phi) is 5.07. The van der Waals surface area contributed by atoms with Crippen molar-refractivity contribution in [3.8, 4) is 0 Å². The minimum Gasteiger partial charge on any atom is -0.350 e. The van der Waals surface area contributed by atoms with Crippen LogP contribution in [0.25, 0.3) is 0 Å². The Morgan fingerprint density at radius 2 is 1.80 bits per heavy atom. The molecule has 0 fully saturated rings. The number of hydrogen-bond acceptors (Lipinski definition) is 2. The van der Waals surface area contributed by atoms with E-state index < -0.39 is 18.6 Å². The van der Waals surface area contributed by atoms with Gasteiger partial charge in [0.05, 0.1) is 13.1 Å². The van der Waals surface area contributed by atoms with Gasteiger partial charge in [-0.3, -0.25) is 4.79 Å². The van der Waals surface area contributed by atoms with Gasteiger partial charge in [-0.2, -0.15) is 13.2 Å². The molecule has 0 aromatic carbocycles. The van der Waals surface area contributed by atoms with Crippen molar-refractivity contribution in [3.63, 3.8) is 0 Å². The van der Waals surface area contributed by atoms with Gasteiger partial charge < -0.3 is 10.6 Å². The summed E-state index contributed by atoms with van der Waals surface area (Å²) < 4.78 is 35.1. The molecule has 6 heteroatoms. The van der Waals surface area contributed by atoms with E-state index in [0.717, 1.165) is 6.42 Å². The molecule has 0 heterocycles. The number of halogens is 3. The van der Waals surface area contributed by atoms with Gasteiger partial charge in [-0.15, -0.1) is 0 Å². The summed E-state index contributed by atoms with van der Waals surface area (Å²) >= 11 is 0. The summed E-state index contributed by atoms with van der Waals surface area (Å²) in [5, 5.41) is 4.66. The third-order valence-electron chi connectivity index (χ3n) is 1.97. The number of nitrogens with one attached hydrogen (secondary N) is 2. The lowest BCUT2D eigenvalue weighted by Crippen LogP contribution is -2.47. The number of alkyl halides is 3. The summed E-state index contributed by atoms with van der Waals surface area (Å²) in [4.78, 5) is 11.2. The van der Waals surface area contributed by atoms with E-state index in [0.29, 0.717) is 0 Å². The zero-order chi connectivity index (χ0) is 12.1. The standard InChI is InChI=1S/C9H17F3N2O/c1-4-8(2,3)14-7(15)5-13-6-9(10,11)12/h13H,4-6H2,1-3H3,(H,14,15). The first-order valence-corrected chi connectivity index (χ1v) is 4.75. The van der Waals surface area contributed by atoms with Crippen LogP contribution in [0.15, 0.2) is 0 Å². The molecule has 0 aliphatic carbocycles. The van der Waals surface area contributed by atoms with E-state index in [1.165, 1.54) is 0 Å². The third-order valence-corrected chi connectivity index (χ3v) is 1.97. The lowest BCUT2D eigenvalue weighted by molar-refractivity contribution is -0.129. The summed E-state index contributed by atoms with van der Waals surface area (Å²) in [6.45, 7) is 4.06. The first-order valence-electron chi connectivity index (χ1n) is 4.75. The van der Waals surface area contributed by atoms with E-state index in [-0.39, 0.29) is 12.1 Å². The summed E-state index contributed by atoms with van der Waals surface area (Å²) in [6.07, 6.45) is -3.56. The maximum Gasteiger partial charge on any atom is 0.401 e. The molecule has 0 saturated carbocycles. The normalized spacial score (nSPS) is 12.7. The van der Waals surface area contributed by atoms with E-state index in [4.69, 9.17) is 0 Å². The predicted octanol–water partition coefficient (Wildman–Crippen LogP) is 1.44. The molecule has 3 nitrogen and oxygen atoms in total. The van der Waals surface area contributed by atoms with Crippen LogP contribution in [-0.4, -0.2) is 30.7 Å². The Balaban J connectivity index is 3.77. The van der Waals surface area contributed by atoms with Gasteiger partial charge in [0, 0.05) is 5.54 Å². The molecule has 0 aliphatic heterocycles. The Bertz CT molecular complexity index is 214. The number of amides is 1. The van der Waals surface area contributed by atoms with Crippen LogP contribution in [0.4, 0.5) is 13.2 Å². The summed E-state index contributed by atoms with van der Waals surface area (Å²) in [5.41, 5.74) is -0.378. The average Bonchev–Trinajstić information content (AvgIpc) is 2.00. The Morgan fingerprint density at radius 3 is 2.20 bits per heavy atom. The first-order chi connectivity index (χ1) is 6.66. The van der Waals surface area contributed by atoms with Gasteiger partial charge in [-0.1, -0.05) is 6.92 Å². The molecule has 0 saturated heterocycles. The van der Waals surface area contributed by atoms with E-state index in [2.05, 4.69) is 5.32 Å². The molecule has 0 atom stereocenters. The fraction of sp³-hybridized carbons (Fsp3) is 0.889. The lowest BCUT2D eigenvalue weighted by Gasteiger charge is -2.24. The van der Waals surface area contributed by atoms with Crippen molar-refractivity contribution in [1.82, 2.24) is 10.6 Å². The largest absolute Gasteiger partial charge is 0.401 e. The van der Waals surface area contributed by atoms with Gasteiger partial charge in [0.1, 0.15) is 0 Å². The molecule has 1 amide bonds. The van der Waals surface area contributed by atoms with E-state index in [9.17, 15) is 18.0 Å². The van der Waals surface area contributed by atoms with Crippen molar-refractivity contribution in [1.29, 1.82) is 0 Å². The molecule has 0 radical (unpaired) electrons. The zero-order valence-corrected chi connectivity index (χ0v) is 9.16. The van der Waals surface area contributed by atoms with Crippen LogP contribution in [0.3, 0.4) is 0 Å². The highest BCUT2D eigenvalue weighted by Gasteiger charge is 2.27. The molecular formula is C9H17F3N2O. The highest BCUT2D eigenvalue weighted by atomic mass is 19.4. The molecule has 0 bridgehead atoms. The van der Waals surface area contributed by atoms with Gasteiger partial charge >= 0.3 is 6.18 Å². The Morgan fingerprint density at radius 1 is 1.27 bits per heavy atom. The zero-order valence-electron chi connectivity index (χ0n) is 9.16. The fourth-order valence-corrected chi connectivity index (χ4v) is 0.828. The fourth-order valence-electron chi connectivity index (χ4n) is 0.828. The predicted molar refractivity (Wildman–Crippen MR) is 51.4 cm³/mol. The molecular weight excluding hydrogens is 209 g/mol. The first kappa shape index (κ1) is 14.2. The van der Waals surface area contributed by atoms with Crippen molar-refractivity contribution < 1.29 is 18.0 Å². The molecule has 0 spiro atoms. The minimum absolute atomic E-state index is 0.317. The van der Waals surface area contributed by atoms with Crippen molar-refractivity contribution in [2.75, 3.05) is 13.1 Å². The van der Waals surface area contributed by atoms with Crippen molar-refractivity contribution in [2.24, 2.45) is 0 Å². The highest BCUT2D eigenvalue weighted by molar-refractivity contribution is 5.78. The van der Waals surface area contributed by atoms with Crippen LogP contribution in [0.5, 0.6) is 0 Å². The van der Waals surface area contributed by atoms with Gasteiger partial charge in [0.15, 0.2) is 0 Å². The number of carbonyl (C=O) groups excluding carboxylic acids is 1. The van der Waals surface area contributed by atoms with Gasteiger partial charge in [0.25, 0.3) is 0 Å². The maximum atomic E-state index is 11.7. The number of carbonyl (C=O) groups is 1. The molecule has 15 heavy (non-hydrogen) atoms. The molecule has 0 aromatic heterocycles. The Labute approximate surface area is 87.4 Å². The second-order valence-electron chi connectivity index (χ2n) is 4.00. The molecule has 0 aromatic rings. The summed E-state index contributed by atoms with van der Waals surface area (Å²) in [6, 6.07) is 0. The second kappa shape index (κ2) is 5.34. The maximum absolute atomic E-state index is 11.7. The van der Waals surface area contributed by atoms with Crippen LogP contribution in [-0.2, 0) is 4.79 Å². The molecule has 2 N–H and O–H groups in total. The summed E-state index contributed by atoms with van der Waals surface area (Å²) in [5.74, 6) is -0.425. The molecule has 90 valence electrons.